The second-order valence-electron chi connectivity index (χ2n) is 6.63. The van der Waals surface area contributed by atoms with Crippen LogP contribution in [0.15, 0.2) is 36.7 Å². The Hall–Kier alpha value is -2.51. The number of carbonyl (C=O) groups excluding carboxylic acids is 1. The molecule has 0 saturated carbocycles. The van der Waals surface area contributed by atoms with Crippen molar-refractivity contribution in [1.82, 2.24) is 9.97 Å². The Labute approximate surface area is 152 Å². The number of piperidine rings is 1. The van der Waals surface area contributed by atoms with E-state index < -0.39 is 5.79 Å². The van der Waals surface area contributed by atoms with Crippen molar-refractivity contribution in [3.63, 3.8) is 0 Å². The Morgan fingerprint density at radius 1 is 1.15 bits per heavy atom. The normalized spacial score (nSPS) is 18.9. The molecule has 136 valence electrons. The van der Waals surface area contributed by atoms with Gasteiger partial charge in [-0.2, -0.15) is 0 Å². The van der Waals surface area contributed by atoms with E-state index in [4.69, 9.17) is 9.47 Å². The summed E-state index contributed by atoms with van der Waals surface area (Å²) >= 11 is 0. The van der Waals surface area contributed by atoms with E-state index in [-0.39, 0.29) is 5.91 Å². The first-order chi connectivity index (χ1) is 12.7. The summed E-state index contributed by atoms with van der Waals surface area (Å²) in [6.07, 6.45) is 3.03. The van der Waals surface area contributed by atoms with Crippen LogP contribution in [-0.2, 0) is 9.47 Å². The van der Waals surface area contributed by atoms with E-state index in [1.807, 2.05) is 31.2 Å². The minimum absolute atomic E-state index is 0.237. The van der Waals surface area contributed by atoms with Crippen molar-refractivity contribution in [2.75, 3.05) is 36.5 Å². The molecular weight excluding hydrogens is 332 g/mol. The monoisotopic (exact) mass is 354 g/mol. The third-order valence-corrected chi connectivity index (χ3v) is 4.94. The first-order valence-electron chi connectivity index (χ1n) is 8.87. The number of aromatic nitrogens is 2. The van der Waals surface area contributed by atoms with Crippen molar-refractivity contribution in [2.24, 2.45) is 0 Å². The number of para-hydroxylation sites is 1. The zero-order valence-corrected chi connectivity index (χ0v) is 14.8. The predicted octanol–water partition coefficient (Wildman–Crippen LogP) is 2.38. The molecule has 7 nitrogen and oxygen atoms in total. The van der Waals surface area contributed by atoms with Crippen LogP contribution in [-0.4, -0.2) is 48.0 Å². The number of amides is 1. The van der Waals surface area contributed by atoms with Gasteiger partial charge in [0, 0.05) is 37.7 Å². The van der Waals surface area contributed by atoms with Gasteiger partial charge in [-0.15, -0.1) is 0 Å². The van der Waals surface area contributed by atoms with E-state index in [1.54, 1.807) is 6.07 Å². The van der Waals surface area contributed by atoms with Crippen LogP contribution in [0.5, 0.6) is 0 Å². The molecule has 2 fully saturated rings. The third kappa shape index (κ3) is 3.40. The number of hydrogen-bond donors (Lipinski definition) is 1. The van der Waals surface area contributed by atoms with E-state index in [9.17, 15) is 4.79 Å². The maximum absolute atomic E-state index is 12.5. The smallest absolute Gasteiger partial charge is 0.274 e. The van der Waals surface area contributed by atoms with Crippen LogP contribution >= 0.6 is 0 Å². The zero-order chi connectivity index (χ0) is 18.0. The fraction of sp³-hybridized carbons (Fsp3) is 0.421. The average Bonchev–Trinajstić information content (AvgIpc) is 3.12. The standard InChI is InChI=1S/C19H22N4O3/c1-14-4-2-3-5-15(14)22-18(24)16-12-17(21-13-20-16)23-8-6-19(7-9-23)25-10-11-26-19/h2-5,12-13H,6-11H2,1H3,(H,22,24). The van der Waals surface area contributed by atoms with E-state index in [0.29, 0.717) is 18.9 Å². The van der Waals surface area contributed by atoms with Gasteiger partial charge >= 0.3 is 0 Å². The minimum atomic E-state index is -0.422. The van der Waals surface area contributed by atoms with E-state index in [2.05, 4.69) is 20.2 Å². The second-order valence-corrected chi connectivity index (χ2v) is 6.63. The summed E-state index contributed by atoms with van der Waals surface area (Å²) in [5, 5.41) is 2.91. The highest BCUT2D eigenvalue weighted by Gasteiger charge is 2.40. The maximum Gasteiger partial charge on any atom is 0.274 e. The van der Waals surface area contributed by atoms with Crippen LogP contribution in [0.25, 0.3) is 0 Å². The third-order valence-electron chi connectivity index (χ3n) is 4.94. The first kappa shape index (κ1) is 16.9. The Morgan fingerprint density at radius 2 is 1.88 bits per heavy atom. The second kappa shape index (κ2) is 7.01. The van der Waals surface area contributed by atoms with Crippen molar-refractivity contribution in [3.8, 4) is 0 Å². The van der Waals surface area contributed by atoms with Crippen LogP contribution < -0.4 is 10.2 Å². The summed E-state index contributed by atoms with van der Waals surface area (Å²) in [5.41, 5.74) is 2.15. The Bertz CT molecular complexity index is 795. The van der Waals surface area contributed by atoms with Crippen LogP contribution in [0.4, 0.5) is 11.5 Å². The molecule has 1 N–H and O–H groups in total. The number of hydrogen-bond acceptors (Lipinski definition) is 6. The van der Waals surface area contributed by atoms with Crippen LogP contribution in [0.3, 0.4) is 0 Å². The van der Waals surface area contributed by atoms with Crippen molar-refractivity contribution >= 4 is 17.4 Å². The van der Waals surface area contributed by atoms with Gasteiger partial charge in [-0.05, 0) is 18.6 Å². The number of carbonyl (C=O) groups is 1. The lowest BCUT2D eigenvalue weighted by Crippen LogP contribution is -2.45. The van der Waals surface area contributed by atoms with Crippen LogP contribution in [0, 0.1) is 6.92 Å². The molecule has 1 aromatic carbocycles. The molecule has 2 saturated heterocycles. The van der Waals surface area contributed by atoms with Gasteiger partial charge < -0.3 is 19.7 Å². The van der Waals surface area contributed by atoms with Gasteiger partial charge in [0.05, 0.1) is 13.2 Å². The Kier molecular flexibility index (Phi) is 4.57. The summed E-state index contributed by atoms with van der Waals surface area (Å²) in [6.45, 7) is 4.83. The number of rotatable bonds is 3. The summed E-state index contributed by atoms with van der Waals surface area (Å²) in [4.78, 5) is 23.2. The number of anilines is 2. The quantitative estimate of drug-likeness (QED) is 0.912. The number of nitrogens with one attached hydrogen (secondary N) is 1. The highest BCUT2D eigenvalue weighted by molar-refractivity contribution is 6.03. The molecule has 0 unspecified atom stereocenters. The van der Waals surface area contributed by atoms with Gasteiger partial charge in [0.1, 0.15) is 17.8 Å². The van der Waals surface area contributed by atoms with Gasteiger partial charge in [0.15, 0.2) is 5.79 Å². The predicted molar refractivity (Wildman–Crippen MR) is 97.2 cm³/mol. The molecule has 3 heterocycles. The summed E-state index contributed by atoms with van der Waals surface area (Å²) in [5.74, 6) is 0.0934. The molecule has 1 spiro atoms. The van der Waals surface area contributed by atoms with Crippen molar-refractivity contribution < 1.29 is 14.3 Å². The van der Waals surface area contributed by atoms with Gasteiger partial charge in [-0.1, -0.05) is 18.2 Å². The summed E-state index contributed by atoms with van der Waals surface area (Å²) < 4.78 is 11.5. The molecule has 2 aliphatic rings. The Balaban J connectivity index is 1.45. The molecule has 0 atom stereocenters. The lowest BCUT2D eigenvalue weighted by Gasteiger charge is -2.38. The molecule has 4 rings (SSSR count). The molecule has 1 amide bonds. The number of nitrogens with zero attached hydrogens (tertiary/aromatic N) is 3. The van der Waals surface area contributed by atoms with Gasteiger partial charge in [0.25, 0.3) is 5.91 Å². The zero-order valence-electron chi connectivity index (χ0n) is 14.8. The lowest BCUT2D eigenvalue weighted by molar-refractivity contribution is -0.169. The van der Waals surface area contributed by atoms with Gasteiger partial charge in [-0.25, -0.2) is 9.97 Å². The highest BCUT2D eigenvalue weighted by Crippen LogP contribution is 2.32. The maximum atomic E-state index is 12.5. The fourth-order valence-corrected chi connectivity index (χ4v) is 3.41. The minimum Gasteiger partial charge on any atom is -0.356 e. The molecule has 0 bridgehead atoms. The van der Waals surface area contributed by atoms with E-state index in [1.165, 1.54) is 6.33 Å². The van der Waals surface area contributed by atoms with Crippen LogP contribution in [0.2, 0.25) is 0 Å². The molecule has 26 heavy (non-hydrogen) atoms. The highest BCUT2D eigenvalue weighted by atomic mass is 16.7. The van der Waals surface area contributed by atoms with Crippen LogP contribution in [0.1, 0.15) is 28.9 Å². The lowest BCUT2D eigenvalue weighted by atomic mass is 10.0. The van der Waals surface area contributed by atoms with Crippen molar-refractivity contribution in [2.45, 2.75) is 25.6 Å². The topological polar surface area (TPSA) is 76.6 Å². The molecule has 7 heteroatoms. The van der Waals surface area contributed by atoms with E-state index in [0.717, 1.165) is 43.0 Å². The summed E-state index contributed by atoms with van der Waals surface area (Å²) in [6, 6.07) is 9.40. The molecular formula is C19H22N4O3. The molecule has 0 aliphatic carbocycles. The molecule has 0 radical (unpaired) electrons. The van der Waals surface area contributed by atoms with Crippen molar-refractivity contribution in [3.05, 3.63) is 47.9 Å². The first-order valence-corrected chi connectivity index (χ1v) is 8.87. The molecule has 2 aliphatic heterocycles. The number of aryl methyl sites for hydroxylation is 1. The fourth-order valence-electron chi connectivity index (χ4n) is 3.41. The van der Waals surface area contributed by atoms with Gasteiger partial charge in [0.2, 0.25) is 0 Å². The summed E-state index contributed by atoms with van der Waals surface area (Å²) in [7, 11) is 0. The average molecular weight is 354 g/mol. The molecule has 1 aromatic heterocycles. The van der Waals surface area contributed by atoms with Crippen molar-refractivity contribution in [1.29, 1.82) is 0 Å². The Morgan fingerprint density at radius 3 is 2.62 bits per heavy atom. The number of ether oxygens (including phenoxy) is 2. The van der Waals surface area contributed by atoms with E-state index >= 15 is 0 Å². The van der Waals surface area contributed by atoms with Gasteiger partial charge in [-0.3, -0.25) is 4.79 Å². The molecule has 2 aromatic rings. The number of benzene rings is 1. The SMILES string of the molecule is Cc1ccccc1NC(=O)c1cc(N2CCC3(CC2)OCCO3)ncn1. The largest absolute Gasteiger partial charge is 0.356 e.